The van der Waals surface area contributed by atoms with Gasteiger partial charge in [0.2, 0.25) is 11.4 Å². The van der Waals surface area contributed by atoms with Crippen LogP contribution in [0, 0.1) is 0 Å². The third-order valence-electron chi connectivity index (χ3n) is 2.82. The molecule has 0 unspecified atom stereocenters. The molecule has 5 heteroatoms. The van der Waals surface area contributed by atoms with Crippen molar-refractivity contribution in [2.75, 3.05) is 7.05 Å². The normalized spacial score (nSPS) is 13.8. The number of carbonyl (C=O) groups is 1. The summed E-state index contributed by atoms with van der Waals surface area (Å²) in [5.74, 6) is -0.0682. The van der Waals surface area contributed by atoms with E-state index in [0.717, 1.165) is 5.56 Å². The van der Waals surface area contributed by atoms with Crippen LogP contribution in [0.2, 0.25) is 0 Å². The van der Waals surface area contributed by atoms with E-state index in [1.165, 1.54) is 4.68 Å². The predicted molar refractivity (Wildman–Crippen MR) is 61.4 cm³/mol. The highest BCUT2D eigenvalue weighted by molar-refractivity contribution is 6.19. The van der Waals surface area contributed by atoms with Gasteiger partial charge in [0, 0.05) is 25.2 Å². The summed E-state index contributed by atoms with van der Waals surface area (Å²) in [6.07, 6.45) is 0. The Balaban J connectivity index is 2.41. The van der Waals surface area contributed by atoms with E-state index in [4.69, 9.17) is 0 Å². The number of benzene rings is 1. The maximum absolute atomic E-state index is 12.1. The van der Waals surface area contributed by atoms with E-state index in [1.807, 2.05) is 18.2 Å². The molecular formula is C12H10N4O. The van der Waals surface area contributed by atoms with Crippen LogP contribution in [0.1, 0.15) is 16.1 Å². The van der Waals surface area contributed by atoms with Crippen LogP contribution in [0.4, 0.5) is 0 Å². The van der Waals surface area contributed by atoms with Gasteiger partial charge in [0.15, 0.2) is 5.69 Å². The third-order valence-corrected chi connectivity index (χ3v) is 2.82. The Morgan fingerprint density at radius 3 is 2.59 bits per heavy atom. The van der Waals surface area contributed by atoms with Crippen LogP contribution in [-0.4, -0.2) is 27.6 Å². The Labute approximate surface area is 97.5 Å². The molecule has 0 saturated heterocycles. The Hall–Kier alpha value is -2.30. The lowest BCUT2D eigenvalue weighted by Gasteiger charge is -2.01. The van der Waals surface area contributed by atoms with E-state index >= 15 is 0 Å². The number of hydrogen-bond donors (Lipinski definition) is 0. The van der Waals surface area contributed by atoms with Crippen molar-refractivity contribution in [3.05, 3.63) is 41.1 Å². The van der Waals surface area contributed by atoms with Gasteiger partial charge in [0.05, 0.1) is 0 Å². The molecule has 3 rings (SSSR count). The standard InChI is InChI=1S/C12H10N4O/c1-13-12-14-9-7-5-3-4-6-8(7)11(17)10(9)15-16(12)2/h3-6H,1-2H3. The summed E-state index contributed by atoms with van der Waals surface area (Å²) in [6.45, 7) is 0. The number of fused-ring (bicyclic) bond motifs is 3. The molecule has 0 bridgehead atoms. The molecule has 0 saturated carbocycles. The molecule has 0 atom stereocenters. The highest BCUT2D eigenvalue weighted by Gasteiger charge is 2.29. The van der Waals surface area contributed by atoms with Gasteiger partial charge in [0.25, 0.3) is 0 Å². The van der Waals surface area contributed by atoms with Crippen molar-refractivity contribution < 1.29 is 4.79 Å². The first-order valence-corrected chi connectivity index (χ1v) is 5.24. The molecule has 1 aliphatic rings. The molecule has 5 nitrogen and oxygen atoms in total. The summed E-state index contributed by atoms with van der Waals surface area (Å²) >= 11 is 0. The summed E-state index contributed by atoms with van der Waals surface area (Å²) < 4.78 is 1.52. The van der Waals surface area contributed by atoms with Crippen LogP contribution in [-0.2, 0) is 7.05 Å². The lowest BCUT2D eigenvalue weighted by Crippen LogP contribution is -2.26. The molecule has 1 aromatic carbocycles. The summed E-state index contributed by atoms with van der Waals surface area (Å²) in [5, 5.41) is 4.23. The van der Waals surface area contributed by atoms with Crippen LogP contribution in [0.3, 0.4) is 0 Å². The number of nitrogens with zero attached hydrogens (tertiary/aromatic N) is 4. The Bertz CT molecular complexity index is 700. The Morgan fingerprint density at radius 2 is 1.88 bits per heavy atom. The van der Waals surface area contributed by atoms with Crippen LogP contribution in [0.15, 0.2) is 29.3 Å². The maximum Gasteiger partial charge on any atom is 0.241 e. The molecule has 0 N–H and O–H groups in total. The Kier molecular flexibility index (Phi) is 1.95. The Morgan fingerprint density at radius 1 is 1.18 bits per heavy atom. The van der Waals surface area contributed by atoms with Crippen LogP contribution < -0.4 is 5.62 Å². The second kappa shape index (κ2) is 3.35. The molecule has 1 aliphatic carbocycles. The monoisotopic (exact) mass is 226 g/mol. The third kappa shape index (κ3) is 1.25. The zero-order valence-corrected chi connectivity index (χ0v) is 9.51. The van der Waals surface area contributed by atoms with Crippen molar-refractivity contribution in [2.24, 2.45) is 12.0 Å². The minimum Gasteiger partial charge on any atom is -0.287 e. The number of aromatic nitrogens is 3. The highest BCUT2D eigenvalue weighted by Crippen LogP contribution is 2.32. The fraction of sp³-hybridized carbons (Fsp3) is 0.167. The molecule has 1 heterocycles. The van der Waals surface area contributed by atoms with Crippen molar-refractivity contribution in [3.63, 3.8) is 0 Å². The average molecular weight is 226 g/mol. The molecule has 0 spiro atoms. The van der Waals surface area contributed by atoms with Crippen molar-refractivity contribution >= 4 is 5.78 Å². The molecule has 0 aliphatic heterocycles. The molecule has 84 valence electrons. The van der Waals surface area contributed by atoms with Crippen molar-refractivity contribution in [1.29, 1.82) is 0 Å². The zero-order chi connectivity index (χ0) is 12.0. The van der Waals surface area contributed by atoms with Crippen molar-refractivity contribution in [2.45, 2.75) is 0 Å². The smallest absolute Gasteiger partial charge is 0.241 e. The first-order valence-electron chi connectivity index (χ1n) is 5.24. The van der Waals surface area contributed by atoms with Crippen molar-refractivity contribution in [3.8, 4) is 11.3 Å². The van der Waals surface area contributed by atoms with E-state index in [0.29, 0.717) is 22.6 Å². The summed E-state index contributed by atoms with van der Waals surface area (Å²) in [5.41, 5.74) is 3.04. The van der Waals surface area contributed by atoms with E-state index in [9.17, 15) is 4.79 Å². The lowest BCUT2D eigenvalue weighted by atomic mass is 10.1. The quantitative estimate of drug-likeness (QED) is 0.562. The van der Waals surface area contributed by atoms with Gasteiger partial charge in [-0.05, 0) is 0 Å². The first-order chi connectivity index (χ1) is 8.22. The summed E-state index contributed by atoms with van der Waals surface area (Å²) in [4.78, 5) is 20.5. The van der Waals surface area contributed by atoms with Gasteiger partial charge in [-0.15, -0.1) is 0 Å². The minimum atomic E-state index is -0.0682. The zero-order valence-electron chi connectivity index (χ0n) is 9.51. The second-order valence-corrected chi connectivity index (χ2v) is 3.83. The summed E-state index contributed by atoms with van der Waals surface area (Å²) in [7, 11) is 3.38. The van der Waals surface area contributed by atoms with E-state index in [-0.39, 0.29) is 5.78 Å². The molecule has 0 amide bonds. The largest absolute Gasteiger partial charge is 0.287 e. The number of aryl methyl sites for hydroxylation is 1. The average Bonchev–Trinajstić information content (AvgIpc) is 2.63. The van der Waals surface area contributed by atoms with Gasteiger partial charge in [-0.3, -0.25) is 9.79 Å². The number of carbonyl (C=O) groups excluding carboxylic acids is 1. The molecule has 2 aromatic rings. The SMILES string of the molecule is CN=c1nc2c(nn1C)C(=O)c1ccccc1-2. The topological polar surface area (TPSA) is 60.1 Å². The maximum atomic E-state index is 12.1. The van der Waals surface area contributed by atoms with Gasteiger partial charge in [-0.25, -0.2) is 9.67 Å². The van der Waals surface area contributed by atoms with Gasteiger partial charge in [-0.1, -0.05) is 24.3 Å². The van der Waals surface area contributed by atoms with E-state index in [1.54, 1.807) is 20.2 Å². The van der Waals surface area contributed by atoms with Crippen molar-refractivity contribution in [1.82, 2.24) is 14.8 Å². The van der Waals surface area contributed by atoms with Crippen LogP contribution in [0.5, 0.6) is 0 Å². The molecule has 17 heavy (non-hydrogen) atoms. The minimum absolute atomic E-state index is 0.0682. The number of ketones is 1. The molecule has 1 aromatic heterocycles. The van der Waals surface area contributed by atoms with Crippen LogP contribution in [0.25, 0.3) is 11.3 Å². The molecule has 0 radical (unpaired) electrons. The van der Waals surface area contributed by atoms with E-state index in [2.05, 4.69) is 15.1 Å². The fourth-order valence-electron chi connectivity index (χ4n) is 2.02. The molecular weight excluding hydrogens is 216 g/mol. The fourth-order valence-corrected chi connectivity index (χ4v) is 2.02. The van der Waals surface area contributed by atoms with E-state index < -0.39 is 0 Å². The molecule has 0 fully saturated rings. The summed E-state index contributed by atoms with van der Waals surface area (Å²) in [6, 6.07) is 7.41. The van der Waals surface area contributed by atoms with Gasteiger partial charge in [0.1, 0.15) is 5.69 Å². The number of hydrogen-bond acceptors (Lipinski definition) is 4. The second-order valence-electron chi connectivity index (χ2n) is 3.83. The highest BCUT2D eigenvalue weighted by atomic mass is 16.1. The van der Waals surface area contributed by atoms with Gasteiger partial charge < -0.3 is 0 Å². The number of rotatable bonds is 0. The lowest BCUT2D eigenvalue weighted by molar-refractivity contribution is 0.103. The predicted octanol–water partition coefficient (Wildman–Crippen LogP) is 0.557. The van der Waals surface area contributed by atoms with Crippen LogP contribution >= 0.6 is 0 Å². The van der Waals surface area contributed by atoms with Gasteiger partial charge in [-0.2, -0.15) is 5.10 Å². The van der Waals surface area contributed by atoms with Gasteiger partial charge >= 0.3 is 0 Å². The first kappa shape index (κ1) is 9.89.